The Hall–Kier alpha value is -1.57. The van der Waals surface area contributed by atoms with Gasteiger partial charge in [0.15, 0.2) is 0 Å². The molecule has 1 aromatic heterocycles. The Balaban J connectivity index is 2.27. The molecule has 0 saturated heterocycles. The van der Waals surface area contributed by atoms with Crippen LogP contribution in [0.5, 0.6) is 0 Å². The molecule has 0 aliphatic carbocycles. The summed E-state index contributed by atoms with van der Waals surface area (Å²) in [5.74, 6) is 0.869. The molecule has 1 N–H and O–H groups in total. The fraction of sp³-hybridized carbons (Fsp3) is 0.400. The highest BCUT2D eigenvalue weighted by atomic mass is 35.5. The fourth-order valence-corrected chi connectivity index (χ4v) is 4.30. The molecule has 0 fully saturated rings. The molecule has 0 bridgehead atoms. The van der Waals surface area contributed by atoms with E-state index in [2.05, 4.69) is 10.3 Å². The first-order valence-corrected chi connectivity index (χ1v) is 9.12. The molecule has 6 nitrogen and oxygen atoms in total. The molecule has 2 heterocycles. The number of rotatable bonds is 4. The van der Waals surface area contributed by atoms with Crippen molar-refractivity contribution in [3.63, 3.8) is 0 Å². The van der Waals surface area contributed by atoms with Crippen LogP contribution < -0.4 is 5.32 Å². The molecule has 0 unspecified atom stereocenters. The second-order valence-corrected chi connectivity index (χ2v) is 8.23. The minimum absolute atomic E-state index is 0.304. The molecule has 8 heteroatoms. The number of amidine groups is 1. The third kappa shape index (κ3) is 2.73. The molecule has 0 amide bonds. The van der Waals surface area contributed by atoms with Crippen LogP contribution in [0.2, 0.25) is 5.02 Å². The lowest BCUT2D eigenvalue weighted by Gasteiger charge is -2.12. The van der Waals surface area contributed by atoms with Crippen LogP contribution in [0.25, 0.3) is 10.9 Å². The lowest BCUT2D eigenvalue weighted by molar-refractivity contribution is 0.520. The van der Waals surface area contributed by atoms with Gasteiger partial charge in [-0.05, 0) is 25.1 Å². The van der Waals surface area contributed by atoms with E-state index in [4.69, 9.17) is 11.6 Å². The van der Waals surface area contributed by atoms with E-state index in [9.17, 15) is 8.42 Å². The van der Waals surface area contributed by atoms with Crippen LogP contribution in [0.3, 0.4) is 0 Å². The first-order chi connectivity index (χ1) is 10.8. The molecule has 1 aromatic carbocycles. The Morgan fingerprint density at radius 2 is 2.13 bits per heavy atom. The highest BCUT2D eigenvalue weighted by molar-refractivity contribution is 7.89. The Kier molecular flexibility index (Phi) is 4.12. The van der Waals surface area contributed by atoms with Crippen molar-refractivity contribution in [3.05, 3.63) is 28.9 Å². The third-order valence-electron chi connectivity index (χ3n) is 4.02. The number of hydrogen-bond acceptors (Lipinski definition) is 4. The highest BCUT2D eigenvalue weighted by Crippen LogP contribution is 2.33. The van der Waals surface area contributed by atoms with Crippen LogP contribution in [0.4, 0.5) is 0 Å². The summed E-state index contributed by atoms with van der Waals surface area (Å²) in [6.45, 7) is 3.91. The van der Waals surface area contributed by atoms with Gasteiger partial charge in [-0.2, -0.15) is 0 Å². The van der Waals surface area contributed by atoms with Gasteiger partial charge in [-0.1, -0.05) is 11.6 Å². The average Bonchev–Trinajstić information content (AvgIpc) is 3.06. The summed E-state index contributed by atoms with van der Waals surface area (Å²) >= 11 is 6.10. The van der Waals surface area contributed by atoms with E-state index in [0.717, 1.165) is 24.4 Å². The van der Waals surface area contributed by atoms with E-state index in [-0.39, 0.29) is 0 Å². The molecular weight excluding hydrogens is 336 g/mol. The number of fused-ring (bicyclic) bond motifs is 1. The summed E-state index contributed by atoms with van der Waals surface area (Å²) < 4.78 is 28.7. The topological polar surface area (TPSA) is 66.7 Å². The predicted molar refractivity (Wildman–Crippen MR) is 92.9 cm³/mol. The monoisotopic (exact) mass is 354 g/mol. The second-order valence-electron chi connectivity index (χ2n) is 5.70. The Labute approximate surface area is 140 Å². The molecule has 0 radical (unpaired) electrons. The molecule has 124 valence electrons. The van der Waals surface area contributed by atoms with Crippen molar-refractivity contribution >= 4 is 38.4 Å². The van der Waals surface area contributed by atoms with Gasteiger partial charge in [0.1, 0.15) is 10.7 Å². The molecule has 23 heavy (non-hydrogen) atoms. The van der Waals surface area contributed by atoms with Gasteiger partial charge in [0.2, 0.25) is 10.0 Å². The minimum Gasteiger partial charge on any atom is -0.370 e. The van der Waals surface area contributed by atoms with E-state index in [1.165, 1.54) is 18.4 Å². The maximum atomic E-state index is 12.8. The van der Waals surface area contributed by atoms with E-state index in [0.29, 0.717) is 27.5 Å². The summed E-state index contributed by atoms with van der Waals surface area (Å²) in [5, 5.41) is 4.38. The lowest BCUT2D eigenvalue weighted by Crippen LogP contribution is -2.25. The molecule has 0 saturated carbocycles. The van der Waals surface area contributed by atoms with Gasteiger partial charge in [0.05, 0.1) is 18.6 Å². The highest BCUT2D eigenvalue weighted by Gasteiger charge is 2.27. The largest absolute Gasteiger partial charge is 0.370 e. The zero-order valence-corrected chi connectivity index (χ0v) is 14.9. The van der Waals surface area contributed by atoms with Crippen molar-refractivity contribution in [2.75, 3.05) is 27.2 Å². The second kappa shape index (κ2) is 5.81. The summed E-state index contributed by atoms with van der Waals surface area (Å²) in [5.41, 5.74) is 1.52. The molecule has 3 rings (SSSR count). The first-order valence-electron chi connectivity index (χ1n) is 7.30. The molecule has 0 atom stereocenters. The standard InChI is InChI=1S/C15H19ClN4O2S/c1-10-15(23(21,22)19(2)3)12-8-11(16)4-5-13(12)20(10)9-14-17-6-7-18-14/h4-5,8H,6-7,9H2,1-3H3,(H,17,18). The Bertz CT molecular complexity index is 900. The van der Waals surface area contributed by atoms with Gasteiger partial charge in [0.25, 0.3) is 0 Å². The van der Waals surface area contributed by atoms with Crippen LogP contribution in [0, 0.1) is 6.92 Å². The lowest BCUT2D eigenvalue weighted by atomic mass is 10.2. The van der Waals surface area contributed by atoms with Crippen LogP contribution in [0.15, 0.2) is 28.1 Å². The van der Waals surface area contributed by atoms with Gasteiger partial charge >= 0.3 is 0 Å². The van der Waals surface area contributed by atoms with Gasteiger partial charge < -0.3 is 9.88 Å². The smallest absolute Gasteiger partial charge is 0.244 e. The quantitative estimate of drug-likeness (QED) is 0.911. The van der Waals surface area contributed by atoms with Gasteiger partial charge in [0, 0.05) is 36.7 Å². The first kappa shape index (κ1) is 16.3. The van der Waals surface area contributed by atoms with E-state index in [1.807, 2.05) is 17.6 Å². The van der Waals surface area contributed by atoms with Crippen LogP contribution in [-0.4, -0.2) is 50.3 Å². The number of nitrogens with one attached hydrogen (secondary N) is 1. The maximum Gasteiger partial charge on any atom is 0.244 e. The number of aliphatic imine (C=N–C) groups is 1. The molecule has 0 spiro atoms. The molecule has 2 aromatic rings. The van der Waals surface area contributed by atoms with Crippen molar-refractivity contribution in [2.45, 2.75) is 18.4 Å². The van der Waals surface area contributed by atoms with Crippen molar-refractivity contribution in [1.82, 2.24) is 14.2 Å². The normalized spacial score (nSPS) is 15.3. The number of aromatic nitrogens is 1. The van der Waals surface area contributed by atoms with Crippen LogP contribution in [0.1, 0.15) is 5.69 Å². The van der Waals surface area contributed by atoms with Crippen LogP contribution >= 0.6 is 11.6 Å². The molecular formula is C15H19ClN4O2S. The Morgan fingerprint density at radius 3 is 2.74 bits per heavy atom. The van der Waals surface area contributed by atoms with Gasteiger partial charge in [-0.25, -0.2) is 12.7 Å². The van der Waals surface area contributed by atoms with E-state index >= 15 is 0 Å². The molecule has 1 aliphatic heterocycles. The molecule has 1 aliphatic rings. The SMILES string of the molecule is Cc1c(S(=O)(=O)N(C)C)c2cc(Cl)ccc2n1CC1=NCCN1. The van der Waals surface area contributed by atoms with Gasteiger partial charge in [-0.3, -0.25) is 4.99 Å². The van der Waals surface area contributed by atoms with Crippen molar-refractivity contribution < 1.29 is 8.42 Å². The minimum atomic E-state index is -3.57. The average molecular weight is 355 g/mol. The van der Waals surface area contributed by atoms with Crippen molar-refractivity contribution in [3.8, 4) is 0 Å². The van der Waals surface area contributed by atoms with E-state index in [1.54, 1.807) is 12.1 Å². The maximum absolute atomic E-state index is 12.8. The zero-order chi connectivity index (χ0) is 16.8. The summed E-state index contributed by atoms with van der Waals surface area (Å²) in [4.78, 5) is 4.71. The van der Waals surface area contributed by atoms with E-state index < -0.39 is 10.0 Å². The summed E-state index contributed by atoms with van der Waals surface area (Å²) in [6.07, 6.45) is 0. The van der Waals surface area contributed by atoms with Crippen molar-refractivity contribution in [1.29, 1.82) is 0 Å². The fourth-order valence-electron chi connectivity index (χ4n) is 2.84. The number of hydrogen-bond donors (Lipinski definition) is 1. The predicted octanol–water partition coefficient (Wildman–Crippen LogP) is 1.86. The number of sulfonamides is 1. The van der Waals surface area contributed by atoms with Crippen LogP contribution in [-0.2, 0) is 16.6 Å². The Morgan fingerprint density at radius 1 is 1.39 bits per heavy atom. The number of halogens is 1. The zero-order valence-electron chi connectivity index (χ0n) is 13.3. The number of nitrogens with zero attached hydrogens (tertiary/aromatic N) is 3. The number of benzene rings is 1. The third-order valence-corrected chi connectivity index (χ3v) is 6.25. The van der Waals surface area contributed by atoms with Gasteiger partial charge in [-0.15, -0.1) is 0 Å². The van der Waals surface area contributed by atoms with Crippen molar-refractivity contribution in [2.24, 2.45) is 4.99 Å². The summed E-state index contributed by atoms with van der Waals surface area (Å²) in [7, 11) is -0.504. The summed E-state index contributed by atoms with van der Waals surface area (Å²) in [6, 6.07) is 5.34.